The molecule has 25 heavy (non-hydrogen) atoms. The minimum Gasteiger partial charge on any atom is -0.351 e. The maximum atomic E-state index is 12.7. The summed E-state index contributed by atoms with van der Waals surface area (Å²) in [6, 6.07) is 11.4. The number of hydrogen-bond acceptors (Lipinski definition) is 3. The van der Waals surface area contributed by atoms with Crippen molar-refractivity contribution in [2.45, 2.75) is 24.8 Å². The summed E-state index contributed by atoms with van der Waals surface area (Å²) in [5.41, 5.74) is 1.60. The van der Waals surface area contributed by atoms with Crippen molar-refractivity contribution in [2.24, 2.45) is 0 Å². The Labute approximate surface area is 150 Å². The third-order valence-corrected chi connectivity index (χ3v) is 4.86. The van der Waals surface area contributed by atoms with Gasteiger partial charge in [-0.3, -0.25) is 9.36 Å². The molecule has 5 nitrogen and oxygen atoms in total. The highest BCUT2D eigenvalue weighted by Crippen LogP contribution is 2.48. The molecule has 0 unspecified atom stereocenters. The van der Waals surface area contributed by atoms with Gasteiger partial charge in [0.05, 0.1) is 5.41 Å². The van der Waals surface area contributed by atoms with Crippen LogP contribution in [-0.4, -0.2) is 20.4 Å². The minimum atomic E-state index is -0.394. The zero-order valence-electron chi connectivity index (χ0n) is 13.5. The fraction of sp³-hybridized carbons (Fsp3) is 0.211. The van der Waals surface area contributed by atoms with Crippen LogP contribution < -0.4 is 5.32 Å². The van der Waals surface area contributed by atoms with Crippen LogP contribution in [0.2, 0.25) is 5.02 Å². The highest BCUT2D eigenvalue weighted by atomic mass is 35.5. The van der Waals surface area contributed by atoms with Gasteiger partial charge in [0.2, 0.25) is 5.91 Å². The quantitative estimate of drug-likeness (QED) is 0.766. The monoisotopic (exact) mass is 352 g/mol. The standard InChI is InChI=1S/C19H17ClN4O/c20-16-4-2-15(3-5-16)19(7-8-19)18(25)23-12-14-1-6-17(22-11-14)24-10-9-21-13-24/h1-6,9-11,13H,7-8,12H2,(H,23,25). The fourth-order valence-corrected chi connectivity index (χ4v) is 3.09. The third kappa shape index (κ3) is 3.15. The molecule has 0 radical (unpaired) electrons. The van der Waals surface area contributed by atoms with E-state index >= 15 is 0 Å². The van der Waals surface area contributed by atoms with Crippen molar-refractivity contribution >= 4 is 17.5 Å². The predicted molar refractivity (Wildman–Crippen MR) is 95.6 cm³/mol. The van der Waals surface area contributed by atoms with Crippen LogP contribution in [0.25, 0.3) is 5.82 Å². The van der Waals surface area contributed by atoms with Crippen LogP contribution in [0.15, 0.2) is 61.3 Å². The molecule has 1 saturated carbocycles. The molecule has 2 aromatic heterocycles. The average Bonchev–Trinajstić information content (AvgIpc) is 3.27. The van der Waals surface area contributed by atoms with Crippen molar-refractivity contribution in [2.75, 3.05) is 0 Å². The van der Waals surface area contributed by atoms with Crippen LogP contribution in [0, 0.1) is 0 Å². The molecule has 1 aliphatic rings. The first-order valence-corrected chi connectivity index (χ1v) is 8.53. The first-order valence-electron chi connectivity index (χ1n) is 8.15. The van der Waals surface area contributed by atoms with Crippen molar-refractivity contribution in [1.82, 2.24) is 19.9 Å². The summed E-state index contributed by atoms with van der Waals surface area (Å²) in [5.74, 6) is 0.862. The molecule has 1 aliphatic carbocycles. The van der Waals surface area contributed by atoms with Crippen molar-refractivity contribution in [3.8, 4) is 5.82 Å². The van der Waals surface area contributed by atoms with Crippen LogP contribution in [0.5, 0.6) is 0 Å². The lowest BCUT2D eigenvalue weighted by Crippen LogP contribution is -2.34. The number of pyridine rings is 1. The lowest BCUT2D eigenvalue weighted by Gasteiger charge is -2.16. The maximum absolute atomic E-state index is 12.7. The van der Waals surface area contributed by atoms with Crippen LogP contribution in [0.3, 0.4) is 0 Å². The topological polar surface area (TPSA) is 59.8 Å². The number of nitrogens with one attached hydrogen (secondary N) is 1. The van der Waals surface area contributed by atoms with Gasteiger partial charge in [0, 0.05) is 30.2 Å². The second kappa shape index (κ2) is 6.33. The smallest absolute Gasteiger partial charge is 0.230 e. The van der Waals surface area contributed by atoms with E-state index in [1.54, 1.807) is 18.7 Å². The Morgan fingerprint density at radius 1 is 1.20 bits per heavy atom. The molecular weight excluding hydrogens is 336 g/mol. The van der Waals surface area contributed by atoms with E-state index in [0.717, 1.165) is 29.8 Å². The van der Waals surface area contributed by atoms with E-state index in [0.29, 0.717) is 11.6 Å². The van der Waals surface area contributed by atoms with E-state index in [-0.39, 0.29) is 5.91 Å². The summed E-state index contributed by atoms with van der Waals surface area (Å²) in [6.45, 7) is 0.464. The largest absolute Gasteiger partial charge is 0.351 e. The van der Waals surface area contributed by atoms with Gasteiger partial charge in [-0.25, -0.2) is 9.97 Å². The van der Waals surface area contributed by atoms with Gasteiger partial charge in [0.25, 0.3) is 0 Å². The summed E-state index contributed by atoms with van der Waals surface area (Å²) >= 11 is 5.94. The van der Waals surface area contributed by atoms with Crippen molar-refractivity contribution in [3.63, 3.8) is 0 Å². The van der Waals surface area contributed by atoms with E-state index in [2.05, 4.69) is 15.3 Å². The number of halogens is 1. The van der Waals surface area contributed by atoms with Crippen molar-refractivity contribution in [3.05, 3.63) is 77.5 Å². The van der Waals surface area contributed by atoms with Crippen LogP contribution in [0.4, 0.5) is 0 Å². The van der Waals surface area contributed by atoms with Crippen LogP contribution in [-0.2, 0) is 16.8 Å². The van der Waals surface area contributed by atoms with Crippen LogP contribution >= 0.6 is 11.6 Å². The highest BCUT2D eigenvalue weighted by molar-refractivity contribution is 6.30. The molecule has 1 fully saturated rings. The number of rotatable bonds is 5. The Morgan fingerprint density at radius 2 is 2.00 bits per heavy atom. The number of carbonyl (C=O) groups excluding carboxylic acids is 1. The maximum Gasteiger partial charge on any atom is 0.230 e. The second-order valence-electron chi connectivity index (χ2n) is 6.27. The molecule has 0 atom stereocenters. The summed E-state index contributed by atoms with van der Waals surface area (Å²) in [4.78, 5) is 21.1. The van der Waals surface area contributed by atoms with E-state index in [9.17, 15) is 4.79 Å². The molecule has 2 heterocycles. The van der Waals surface area contributed by atoms with Gasteiger partial charge in [0.15, 0.2) is 0 Å². The number of nitrogens with zero attached hydrogens (tertiary/aromatic N) is 3. The van der Waals surface area contributed by atoms with Crippen molar-refractivity contribution in [1.29, 1.82) is 0 Å². The molecule has 1 N–H and O–H groups in total. The Bertz CT molecular complexity index is 869. The number of amides is 1. The Hall–Kier alpha value is -2.66. The molecule has 0 saturated heterocycles. The molecule has 4 rings (SSSR count). The predicted octanol–water partition coefficient (Wildman–Crippen LogP) is 3.27. The Morgan fingerprint density at radius 3 is 2.60 bits per heavy atom. The number of benzene rings is 1. The van der Waals surface area contributed by atoms with Gasteiger partial charge in [-0.1, -0.05) is 29.8 Å². The highest BCUT2D eigenvalue weighted by Gasteiger charge is 2.50. The Balaban J connectivity index is 1.41. The molecule has 0 spiro atoms. The number of aromatic nitrogens is 3. The summed E-state index contributed by atoms with van der Waals surface area (Å²) in [6.07, 6.45) is 8.77. The lowest BCUT2D eigenvalue weighted by molar-refractivity contribution is -0.123. The fourth-order valence-electron chi connectivity index (χ4n) is 2.96. The lowest BCUT2D eigenvalue weighted by atomic mass is 9.95. The summed E-state index contributed by atoms with van der Waals surface area (Å²) < 4.78 is 1.84. The molecule has 6 heteroatoms. The van der Waals surface area contributed by atoms with E-state index < -0.39 is 5.41 Å². The number of carbonyl (C=O) groups is 1. The van der Waals surface area contributed by atoms with Gasteiger partial charge in [-0.15, -0.1) is 0 Å². The molecule has 0 aliphatic heterocycles. The average molecular weight is 353 g/mol. The first-order chi connectivity index (χ1) is 12.2. The van der Waals surface area contributed by atoms with E-state index in [1.165, 1.54) is 0 Å². The first kappa shape index (κ1) is 15.8. The molecule has 3 aromatic rings. The second-order valence-corrected chi connectivity index (χ2v) is 6.70. The van der Waals surface area contributed by atoms with Gasteiger partial charge < -0.3 is 5.32 Å². The SMILES string of the molecule is O=C(NCc1ccc(-n2ccnc2)nc1)C1(c2ccc(Cl)cc2)CC1. The van der Waals surface area contributed by atoms with E-state index in [1.807, 2.05) is 47.2 Å². The zero-order valence-corrected chi connectivity index (χ0v) is 14.3. The molecule has 1 aromatic carbocycles. The zero-order chi connectivity index (χ0) is 17.3. The van der Waals surface area contributed by atoms with Gasteiger partial charge in [-0.2, -0.15) is 0 Å². The normalized spacial score (nSPS) is 14.9. The molecule has 0 bridgehead atoms. The van der Waals surface area contributed by atoms with Gasteiger partial charge >= 0.3 is 0 Å². The van der Waals surface area contributed by atoms with Crippen molar-refractivity contribution < 1.29 is 4.79 Å². The number of hydrogen-bond donors (Lipinski definition) is 1. The summed E-state index contributed by atoms with van der Waals surface area (Å²) in [5, 5.41) is 3.72. The Kier molecular flexibility index (Phi) is 4.01. The molecule has 1 amide bonds. The number of imidazole rings is 1. The summed E-state index contributed by atoms with van der Waals surface area (Å²) in [7, 11) is 0. The van der Waals surface area contributed by atoms with Gasteiger partial charge in [0.1, 0.15) is 12.1 Å². The minimum absolute atomic E-state index is 0.0634. The van der Waals surface area contributed by atoms with Crippen LogP contribution in [0.1, 0.15) is 24.0 Å². The van der Waals surface area contributed by atoms with Gasteiger partial charge in [-0.05, 0) is 42.2 Å². The molecular formula is C19H17ClN4O. The van der Waals surface area contributed by atoms with E-state index in [4.69, 9.17) is 11.6 Å². The third-order valence-electron chi connectivity index (χ3n) is 4.61. The molecule has 126 valence electrons.